The summed E-state index contributed by atoms with van der Waals surface area (Å²) < 4.78 is 15.7. The molecule has 0 unspecified atom stereocenters. The number of carbonyl (C=O) groups excluding carboxylic acids is 1. The largest absolute Gasteiger partial charge is 0.486 e. The zero-order valence-electron chi connectivity index (χ0n) is 21.8. The number of aryl methyl sites for hydroxylation is 3. The Morgan fingerprint density at radius 3 is 2.42 bits per heavy atom. The van der Waals surface area contributed by atoms with E-state index in [9.17, 15) is 4.79 Å². The minimum Gasteiger partial charge on any atom is -0.486 e. The molecule has 4 heterocycles. The second-order valence-corrected chi connectivity index (χ2v) is 9.05. The molecule has 192 valence electrons. The first-order chi connectivity index (χ1) is 18.4. The third kappa shape index (κ3) is 5.15. The lowest BCUT2D eigenvalue weighted by Crippen LogP contribution is -2.16. The Bertz CT molecular complexity index is 1570. The fraction of sp³-hybridized carbons (Fsp3) is 0.167. The zero-order valence-corrected chi connectivity index (χ0v) is 21.8. The number of hydrazone groups is 1. The van der Waals surface area contributed by atoms with Crippen molar-refractivity contribution >= 4 is 12.1 Å². The predicted molar refractivity (Wildman–Crippen MR) is 146 cm³/mol. The van der Waals surface area contributed by atoms with Gasteiger partial charge in [-0.05, 0) is 94.4 Å². The van der Waals surface area contributed by atoms with Crippen molar-refractivity contribution in [2.45, 2.75) is 34.3 Å². The molecule has 0 bridgehead atoms. The molecule has 8 heteroatoms. The van der Waals surface area contributed by atoms with E-state index < -0.39 is 5.91 Å². The Balaban J connectivity index is 1.17. The minimum atomic E-state index is -0.437. The molecular formula is C30H29N5O3. The van der Waals surface area contributed by atoms with E-state index in [1.807, 2.05) is 66.9 Å². The molecule has 38 heavy (non-hydrogen) atoms. The van der Waals surface area contributed by atoms with Gasteiger partial charge in [0.05, 0.1) is 6.21 Å². The van der Waals surface area contributed by atoms with Crippen LogP contribution in [0.1, 0.15) is 44.7 Å². The third-order valence-electron chi connectivity index (χ3n) is 6.35. The van der Waals surface area contributed by atoms with E-state index in [1.165, 1.54) is 11.4 Å². The van der Waals surface area contributed by atoms with Crippen LogP contribution in [0.25, 0.3) is 11.5 Å². The number of pyridine rings is 1. The van der Waals surface area contributed by atoms with Crippen LogP contribution in [-0.2, 0) is 6.61 Å². The number of ether oxygens (including phenoxy) is 1. The van der Waals surface area contributed by atoms with Crippen LogP contribution in [0.5, 0.6) is 5.75 Å². The third-order valence-corrected chi connectivity index (χ3v) is 6.35. The van der Waals surface area contributed by atoms with Crippen LogP contribution in [0.2, 0.25) is 0 Å². The molecule has 0 radical (unpaired) electrons. The number of hydrogen-bond acceptors (Lipinski definition) is 5. The molecule has 0 saturated carbocycles. The Labute approximate surface area is 221 Å². The number of nitrogens with one attached hydrogen (secondary N) is 1. The maximum absolute atomic E-state index is 12.5. The van der Waals surface area contributed by atoms with Crippen LogP contribution >= 0.6 is 0 Å². The quantitative estimate of drug-likeness (QED) is 0.211. The van der Waals surface area contributed by atoms with Gasteiger partial charge in [0, 0.05) is 40.2 Å². The molecule has 1 amide bonds. The maximum atomic E-state index is 12.5. The van der Waals surface area contributed by atoms with Crippen LogP contribution in [0.15, 0.2) is 88.5 Å². The molecule has 5 aromatic rings. The zero-order chi connectivity index (χ0) is 26.6. The first-order valence-corrected chi connectivity index (χ1v) is 12.3. The number of furan rings is 1. The fourth-order valence-electron chi connectivity index (χ4n) is 4.47. The SMILES string of the molecule is Cc1ccc(C)n1-c1ccc(OCc2ccc(C(=O)N/N=C/c3cc(C)n(-c4ccccn4)c3C)o2)cc1. The summed E-state index contributed by atoms with van der Waals surface area (Å²) in [6.45, 7) is 8.35. The van der Waals surface area contributed by atoms with E-state index >= 15 is 0 Å². The summed E-state index contributed by atoms with van der Waals surface area (Å²) in [5.74, 6) is 1.81. The highest BCUT2D eigenvalue weighted by Crippen LogP contribution is 2.21. The molecule has 8 nitrogen and oxygen atoms in total. The molecule has 0 spiro atoms. The second kappa shape index (κ2) is 10.6. The lowest BCUT2D eigenvalue weighted by atomic mass is 10.3. The fourth-order valence-corrected chi connectivity index (χ4v) is 4.47. The number of carbonyl (C=O) groups is 1. The minimum absolute atomic E-state index is 0.161. The molecule has 0 fully saturated rings. The molecule has 0 aliphatic carbocycles. The number of aromatic nitrogens is 3. The van der Waals surface area contributed by atoms with Gasteiger partial charge in [-0.25, -0.2) is 10.4 Å². The predicted octanol–water partition coefficient (Wildman–Crippen LogP) is 5.83. The molecule has 1 N–H and O–H groups in total. The van der Waals surface area contributed by atoms with E-state index in [4.69, 9.17) is 9.15 Å². The summed E-state index contributed by atoms with van der Waals surface area (Å²) in [7, 11) is 0. The van der Waals surface area contributed by atoms with Gasteiger partial charge in [0.1, 0.15) is 23.9 Å². The van der Waals surface area contributed by atoms with Crippen LogP contribution in [0.3, 0.4) is 0 Å². The number of rotatable bonds is 8. The highest BCUT2D eigenvalue weighted by molar-refractivity contribution is 5.92. The molecule has 0 aliphatic heterocycles. The van der Waals surface area contributed by atoms with Crippen molar-refractivity contribution < 1.29 is 13.9 Å². The van der Waals surface area contributed by atoms with Crippen LogP contribution in [0.4, 0.5) is 0 Å². The summed E-state index contributed by atoms with van der Waals surface area (Å²) in [5.41, 5.74) is 8.84. The van der Waals surface area contributed by atoms with Gasteiger partial charge in [0.2, 0.25) is 0 Å². The number of hydrogen-bond donors (Lipinski definition) is 1. The Morgan fingerprint density at radius 1 is 0.947 bits per heavy atom. The average Bonchev–Trinajstić information content (AvgIpc) is 3.61. The number of nitrogens with zero attached hydrogens (tertiary/aromatic N) is 4. The van der Waals surface area contributed by atoms with Gasteiger partial charge in [-0.1, -0.05) is 6.07 Å². The first kappa shape index (κ1) is 24.8. The van der Waals surface area contributed by atoms with E-state index in [1.54, 1.807) is 24.5 Å². The first-order valence-electron chi connectivity index (χ1n) is 12.3. The monoisotopic (exact) mass is 507 g/mol. The molecule has 4 aromatic heterocycles. The van der Waals surface area contributed by atoms with E-state index in [0.717, 1.165) is 28.5 Å². The van der Waals surface area contributed by atoms with Crippen LogP contribution in [0, 0.1) is 27.7 Å². The molecule has 0 saturated heterocycles. The Morgan fingerprint density at radius 2 is 1.71 bits per heavy atom. The highest BCUT2D eigenvalue weighted by atomic mass is 16.5. The lowest BCUT2D eigenvalue weighted by molar-refractivity contribution is 0.0923. The molecule has 5 rings (SSSR count). The summed E-state index contributed by atoms with van der Waals surface area (Å²) in [6.07, 6.45) is 3.38. The standard InChI is InChI=1S/C30H29N5O3/c1-20-8-9-21(2)34(20)25-10-12-26(13-11-25)37-19-27-14-15-28(38-27)30(36)33-32-18-24-17-22(3)35(23(24)4)29-7-5-6-16-31-29/h5-18H,19H2,1-4H3,(H,33,36)/b32-18+. The van der Waals surface area contributed by atoms with Crippen molar-refractivity contribution in [2.24, 2.45) is 5.10 Å². The highest BCUT2D eigenvalue weighted by Gasteiger charge is 2.13. The number of amides is 1. The van der Waals surface area contributed by atoms with Crippen LogP contribution < -0.4 is 10.2 Å². The van der Waals surface area contributed by atoms with Gasteiger partial charge >= 0.3 is 5.91 Å². The van der Waals surface area contributed by atoms with Gasteiger partial charge in [-0.3, -0.25) is 4.79 Å². The summed E-state index contributed by atoms with van der Waals surface area (Å²) in [6, 6.07) is 23.2. The summed E-state index contributed by atoms with van der Waals surface area (Å²) in [5, 5.41) is 4.12. The normalized spacial score (nSPS) is 11.3. The van der Waals surface area contributed by atoms with Crippen LogP contribution in [-0.4, -0.2) is 26.2 Å². The van der Waals surface area contributed by atoms with Crippen molar-refractivity contribution in [3.05, 3.63) is 119 Å². The van der Waals surface area contributed by atoms with Crippen molar-refractivity contribution in [1.82, 2.24) is 19.5 Å². The molecule has 0 aliphatic rings. The summed E-state index contributed by atoms with van der Waals surface area (Å²) >= 11 is 0. The molecule has 0 atom stereocenters. The average molecular weight is 508 g/mol. The van der Waals surface area contributed by atoms with Crippen molar-refractivity contribution in [3.8, 4) is 17.3 Å². The van der Waals surface area contributed by atoms with E-state index in [-0.39, 0.29) is 12.4 Å². The van der Waals surface area contributed by atoms with Crippen molar-refractivity contribution in [3.63, 3.8) is 0 Å². The second-order valence-electron chi connectivity index (χ2n) is 9.05. The van der Waals surface area contributed by atoms with Gasteiger partial charge in [-0.15, -0.1) is 0 Å². The van der Waals surface area contributed by atoms with E-state index in [2.05, 4.69) is 46.1 Å². The van der Waals surface area contributed by atoms with E-state index in [0.29, 0.717) is 11.5 Å². The van der Waals surface area contributed by atoms with Crippen molar-refractivity contribution in [2.75, 3.05) is 0 Å². The van der Waals surface area contributed by atoms with Gasteiger partial charge in [0.25, 0.3) is 0 Å². The molecular weight excluding hydrogens is 478 g/mol. The van der Waals surface area contributed by atoms with Gasteiger partial charge < -0.3 is 18.3 Å². The topological polar surface area (TPSA) is 86.6 Å². The van der Waals surface area contributed by atoms with Gasteiger partial charge in [-0.2, -0.15) is 5.10 Å². The smallest absolute Gasteiger partial charge is 0.307 e. The lowest BCUT2D eigenvalue weighted by Gasteiger charge is -2.10. The Kier molecular flexibility index (Phi) is 6.95. The summed E-state index contributed by atoms with van der Waals surface area (Å²) in [4.78, 5) is 16.9. The Hall–Kier alpha value is -4.85. The van der Waals surface area contributed by atoms with Gasteiger partial charge in [0.15, 0.2) is 5.76 Å². The maximum Gasteiger partial charge on any atom is 0.307 e. The number of benzene rings is 1. The van der Waals surface area contributed by atoms with Crippen molar-refractivity contribution in [1.29, 1.82) is 0 Å². The molecule has 1 aromatic carbocycles.